The van der Waals surface area contributed by atoms with Crippen molar-refractivity contribution in [3.05, 3.63) is 64.2 Å². The topological polar surface area (TPSA) is 85.8 Å². The molecule has 0 fully saturated rings. The Morgan fingerprint density at radius 3 is 2.54 bits per heavy atom. The highest BCUT2D eigenvalue weighted by molar-refractivity contribution is 5.45. The summed E-state index contributed by atoms with van der Waals surface area (Å²) in [4.78, 5) is 20.8. The smallest absolute Gasteiger partial charge is 0.258 e. The van der Waals surface area contributed by atoms with Gasteiger partial charge in [0.25, 0.3) is 5.56 Å². The lowest BCUT2D eigenvalue weighted by Gasteiger charge is -2.14. The van der Waals surface area contributed by atoms with Crippen LogP contribution in [0.5, 0.6) is 0 Å². The van der Waals surface area contributed by atoms with Gasteiger partial charge in [0.1, 0.15) is 11.4 Å². The summed E-state index contributed by atoms with van der Waals surface area (Å²) in [5, 5.41) is 14.4. The van der Waals surface area contributed by atoms with Gasteiger partial charge >= 0.3 is 0 Å². The van der Waals surface area contributed by atoms with Crippen molar-refractivity contribution in [2.45, 2.75) is 33.3 Å². The average molecular weight is 325 g/mol. The lowest BCUT2D eigenvalue weighted by atomic mass is 10.1. The number of hydrogen-bond acceptors (Lipinski definition) is 5. The summed E-state index contributed by atoms with van der Waals surface area (Å²) >= 11 is 0. The van der Waals surface area contributed by atoms with E-state index in [-0.39, 0.29) is 5.56 Å². The van der Waals surface area contributed by atoms with Crippen molar-refractivity contribution in [2.24, 2.45) is 0 Å². The molecule has 0 atom stereocenters. The van der Waals surface area contributed by atoms with Gasteiger partial charge in [-0.25, -0.2) is 14.6 Å². The lowest BCUT2D eigenvalue weighted by molar-refractivity contribution is 0.0734. The molecular formula is C17H19N5O2. The minimum Gasteiger partial charge on any atom is -0.384 e. The zero-order valence-electron chi connectivity index (χ0n) is 14.1. The first-order valence-electron chi connectivity index (χ1n) is 7.58. The number of hydrogen-bond donors (Lipinski definition) is 1. The second-order valence-corrected chi connectivity index (χ2v) is 6.20. The minimum absolute atomic E-state index is 0.152. The van der Waals surface area contributed by atoms with Crippen LogP contribution in [0.1, 0.15) is 30.9 Å². The fourth-order valence-electron chi connectivity index (χ4n) is 2.44. The Kier molecular flexibility index (Phi) is 3.81. The second kappa shape index (κ2) is 5.68. The van der Waals surface area contributed by atoms with Crippen molar-refractivity contribution >= 4 is 0 Å². The van der Waals surface area contributed by atoms with E-state index in [1.54, 1.807) is 54.5 Å². The van der Waals surface area contributed by atoms with Gasteiger partial charge in [-0.1, -0.05) is 0 Å². The molecule has 0 saturated carbocycles. The highest BCUT2D eigenvalue weighted by Crippen LogP contribution is 2.20. The first-order chi connectivity index (χ1) is 11.3. The molecule has 0 saturated heterocycles. The van der Waals surface area contributed by atoms with Crippen LogP contribution in [0.25, 0.3) is 11.5 Å². The molecule has 3 aromatic heterocycles. The third-order valence-corrected chi connectivity index (χ3v) is 3.77. The van der Waals surface area contributed by atoms with Crippen LogP contribution in [0.4, 0.5) is 0 Å². The van der Waals surface area contributed by atoms with E-state index in [0.717, 1.165) is 5.56 Å². The van der Waals surface area contributed by atoms with Crippen LogP contribution in [0.3, 0.4) is 0 Å². The molecule has 0 radical (unpaired) electrons. The third-order valence-electron chi connectivity index (χ3n) is 3.77. The van der Waals surface area contributed by atoms with Gasteiger partial charge in [-0.15, -0.1) is 0 Å². The number of aryl methyl sites for hydroxylation is 2. The quantitative estimate of drug-likeness (QED) is 0.791. The molecule has 1 N–H and O–H groups in total. The number of aromatic nitrogens is 5. The third kappa shape index (κ3) is 2.85. The Bertz CT molecular complexity index is 950. The van der Waals surface area contributed by atoms with E-state index in [2.05, 4.69) is 15.1 Å². The largest absolute Gasteiger partial charge is 0.384 e. The molecule has 0 aromatic carbocycles. The Morgan fingerprint density at radius 1 is 1.17 bits per heavy atom. The van der Waals surface area contributed by atoms with Gasteiger partial charge in [0, 0.05) is 30.7 Å². The first kappa shape index (κ1) is 16.1. The van der Waals surface area contributed by atoms with Crippen LogP contribution in [0, 0.1) is 13.8 Å². The molecule has 24 heavy (non-hydrogen) atoms. The fraction of sp³-hybridized carbons (Fsp3) is 0.294. The van der Waals surface area contributed by atoms with Crippen molar-refractivity contribution in [1.29, 1.82) is 0 Å². The molecule has 0 unspecified atom stereocenters. The molecular weight excluding hydrogens is 306 g/mol. The summed E-state index contributed by atoms with van der Waals surface area (Å²) in [7, 11) is 0. The van der Waals surface area contributed by atoms with Crippen LogP contribution < -0.4 is 5.56 Å². The van der Waals surface area contributed by atoms with Gasteiger partial charge in [-0.2, -0.15) is 5.10 Å². The normalized spacial score (nSPS) is 11.7. The van der Waals surface area contributed by atoms with Crippen molar-refractivity contribution in [2.75, 3.05) is 0 Å². The fourth-order valence-corrected chi connectivity index (χ4v) is 2.44. The SMILES string of the molecule is Cc1cnc(-n2ccc(C(C)(C)O)n2)cc1-n1c(C)nccc1=O. The zero-order valence-corrected chi connectivity index (χ0v) is 14.1. The maximum Gasteiger partial charge on any atom is 0.258 e. The van der Waals surface area contributed by atoms with Gasteiger partial charge in [0.15, 0.2) is 5.82 Å². The Morgan fingerprint density at radius 2 is 1.92 bits per heavy atom. The van der Waals surface area contributed by atoms with Crippen molar-refractivity contribution < 1.29 is 5.11 Å². The maximum atomic E-state index is 12.2. The Labute approximate surface area is 139 Å². The zero-order chi connectivity index (χ0) is 17.5. The summed E-state index contributed by atoms with van der Waals surface area (Å²) in [6.07, 6.45) is 4.91. The van der Waals surface area contributed by atoms with Crippen LogP contribution in [0.2, 0.25) is 0 Å². The van der Waals surface area contributed by atoms with Crippen LogP contribution in [0.15, 0.2) is 41.6 Å². The summed E-state index contributed by atoms with van der Waals surface area (Å²) < 4.78 is 3.12. The highest BCUT2D eigenvalue weighted by atomic mass is 16.3. The molecule has 7 nitrogen and oxygen atoms in total. The predicted octanol–water partition coefficient (Wildman–Crippen LogP) is 1.66. The summed E-state index contributed by atoms with van der Waals surface area (Å²) in [6.45, 7) is 7.01. The van der Waals surface area contributed by atoms with E-state index >= 15 is 0 Å². The van der Waals surface area contributed by atoms with E-state index in [1.165, 1.54) is 12.3 Å². The Balaban J connectivity index is 2.14. The van der Waals surface area contributed by atoms with E-state index < -0.39 is 5.60 Å². The number of pyridine rings is 1. The molecule has 0 bridgehead atoms. The number of nitrogens with zero attached hydrogens (tertiary/aromatic N) is 5. The van der Waals surface area contributed by atoms with E-state index in [0.29, 0.717) is 23.0 Å². The molecule has 0 aliphatic rings. The van der Waals surface area contributed by atoms with Crippen molar-refractivity contribution in [3.8, 4) is 11.5 Å². The summed E-state index contributed by atoms with van der Waals surface area (Å²) in [5.41, 5.74) is 0.916. The van der Waals surface area contributed by atoms with Crippen molar-refractivity contribution in [1.82, 2.24) is 24.3 Å². The predicted molar refractivity (Wildman–Crippen MR) is 89.5 cm³/mol. The number of rotatable bonds is 3. The van der Waals surface area contributed by atoms with Crippen LogP contribution in [-0.2, 0) is 5.60 Å². The molecule has 7 heteroatoms. The monoisotopic (exact) mass is 325 g/mol. The standard InChI is InChI=1S/C17H19N5O2/c1-11-10-19-15(21-8-6-14(20-21)17(3,4)24)9-13(11)22-12(2)18-7-5-16(22)23/h5-10,24H,1-4H3. The summed E-state index contributed by atoms with van der Waals surface area (Å²) in [5.74, 6) is 1.15. The molecule has 3 aromatic rings. The Hall–Kier alpha value is -2.80. The second-order valence-electron chi connectivity index (χ2n) is 6.20. The van der Waals surface area contributed by atoms with E-state index in [1.807, 2.05) is 6.92 Å². The van der Waals surface area contributed by atoms with Gasteiger partial charge in [0.05, 0.1) is 11.4 Å². The molecule has 3 rings (SSSR count). The van der Waals surface area contributed by atoms with Gasteiger partial charge < -0.3 is 5.11 Å². The molecule has 0 amide bonds. The highest BCUT2D eigenvalue weighted by Gasteiger charge is 2.20. The molecule has 0 spiro atoms. The van der Waals surface area contributed by atoms with E-state index in [9.17, 15) is 9.90 Å². The number of aliphatic hydroxyl groups is 1. The lowest BCUT2D eigenvalue weighted by Crippen LogP contribution is -2.21. The summed E-state index contributed by atoms with van der Waals surface area (Å²) in [6, 6.07) is 4.95. The minimum atomic E-state index is -1.03. The molecule has 124 valence electrons. The van der Waals surface area contributed by atoms with Gasteiger partial charge in [0.2, 0.25) is 0 Å². The van der Waals surface area contributed by atoms with Gasteiger partial charge in [-0.3, -0.25) is 9.36 Å². The average Bonchev–Trinajstić information content (AvgIpc) is 2.99. The van der Waals surface area contributed by atoms with Crippen molar-refractivity contribution in [3.63, 3.8) is 0 Å². The van der Waals surface area contributed by atoms with Crippen LogP contribution >= 0.6 is 0 Å². The maximum absolute atomic E-state index is 12.2. The van der Waals surface area contributed by atoms with E-state index in [4.69, 9.17) is 0 Å². The molecule has 0 aliphatic carbocycles. The van der Waals surface area contributed by atoms with Crippen LogP contribution in [-0.4, -0.2) is 29.4 Å². The molecule has 3 heterocycles. The first-order valence-corrected chi connectivity index (χ1v) is 7.58. The molecule has 0 aliphatic heterocycles. The van der Waals surface area contributed by atoms with Gasteiger partial charge in [-0.05, 0) is 39.3 Å².